The van der Waals surface area contributed by atoms with E-state index in [1.54, 1.807) is 36.6 Å². The summed E-state index contributed by atoms with van der Waals surface area (Å²) >= 11 is 1.58. The van der Waals surface area contributed by atoms with Crippen molar-refractivity contribution in [2.45, 2.75) is 38.9 Å². The molecule has 0 aliphatic carbocycles. The number of piperidine rings is 1. The number of rotatable bonds is 5. The van der Waals surface area contributed by atoms with E-state index in [1.165, 1.54) is 24.1 Å². The van der Waals surface area contributed by atoms with Crippen LogP contribution in [0.25, 0.3) is 10.7 Å². The zero-order valence-corrected chi connectivity index (χ0v) is 17.4. The van der Waals surface area contributed by atoms with E-state index in [0.717, 1.165) is 36.8 Å². The Hall–Kier alpha value is -2.52. The maximum Gasteiger partial charge on any atom is 0.416 e. The van der Waals surface area contributed by atoms with Crippen molar-refractivity contribution in [1.29, 1.82) is 0 Å². The molecule has 1 aliphatic rings. The predicted octanol–water partition coefficient (Wildman–Crippen LogP) is 5.66. The molecule has 158 valence electrons. The zero-order valence-electron chi connectivity index (χ0n) is 16.5. The van der Waals surface area contributed by atoms with Gasteiger partial charge in [0.1, 0.15) is 10.7 Å². The van der Waals surface area contributed by atoms with Gasteiger partial charge in [0, 0.05) is 29.5 Å². The minimum atomic E-state index is -4.41. The van der Waals surface area contributed by atoms with E-state index >= 15 is 0 Å². The highest BCUT2D eigenvalue weighted by molar-refractivity contribution is 7.14. The molecule has 0 atom stereocenters. The Morgan fingerprint density at radius 1 is 1.10 bits per heavy atom. The molecule has 1 aromatic carbocycles. The molecule has 9 heteroatoms. The minimum Gasteiger partial charge on any atom is -0.324 e. The van der Waals surface area contributed by atoms with Gasteiger partial charge in [-0.25, -0.2) is 15.0 Å². The molecular weight excluding hydrogens is 411 g/mol. The number of hydrogen-bond donors (Lipinski definition) is 1. The summed E-state index contributed by atoms with van der Waals surface area (Å²) in [7, 11) is 0. The zero-order chi connectivity index (χ0) is 21.1. The highest BCUT2D eigenvalue weighted by Crippen LogP contribution is 2.32. The summed E-state index contributed by atoms with van der Waals surface area (Å²) in [6.45, 7) is 4.74. The van der Waals surface area contributed by atoms with E-state index in [9.17, 15) is 13.2 Å². The van der Waals surface area contributed by atoms with Crippen LogP contribution in [0.4, 0.5) is 24.8 Å². The number of alkyl halides is 3. The first-order valence-corrected chi connectivity index (χ1v) is 10.6. The van der Waals surface area contributed by atoms with Gasteiger partial charge in [0.25, 0.3) is 0 Å². The number of likely N-dealkylation sites (tertiary alicyclic amines) is 1. The topological polar surface area (TPSA) is 53.9 Å². The SMILES string of the molecule is Cc1cc(Nc2nccc(-c3ncc(CN4CCCCC4)s3)n2)cc(C(F)(F)F)c1. The summed E-state index contributed by atoms with van der Waals surface area (Å²) in [6.07, 6.45) is 2.82. The van der Waals surface area contributed by atoms with Crippen LogP contribution >= 0.6 is 11.3 Å². The maximum absolute atomic E-state index is 13.1. The molecule has 3 aromatic rings. The number of thiazole rings is 1. The van der Waals surface area contributed by atoms with Gasteiger partial charge in [-0.2, -0.15) is 13.2 Å². The molecule has 0 unspecified atom stereocenters. The Bertz CT molecular complexity index is 1010. The molecule has 1 saturated heterocycles. The molecule has 5 nitrogen and oxygen atoms in total. The fourth-order valence-electron chi connectivity index (χ4n) is 3.52. The number of hydrogen-bond acceptors (Lipinski definition) is 6. The molecule has 2 aromatic heterocycles. The molecule has 0 radical (unpaired) electrons. The van der Waals surface area contributed by atoms with Crippen LogP contribution in [0, 0.1) is 6.92 Å². The van der Waals surface area contributed by atoms with Gasteiger partial charge in [0.2, 0.25) is 5.95 Å². The lowest BCUT2D eigenvalue weighted by Gasteiger charge is -2.25. The van der Waals surface area contributed by atoms with Gasteiger partial charge in [0.05, 0.1) is 5.56 Å². The van der Waals surface area contributed by atoms with Crippen LogP contribution in [0.5, 0.6) is 0 Å². The van der Waals surface area contributed by atoms with Crippen molar-refractivity contribution in [3.63, 3.8) is 0 Å². The third-order valence-corrected chi connectivity index (χ3v) is 5.92. The Balaban J connectivity index is 1.50. The molecule has 1 N–H and O–H groups in total. The molecule has 1 aliphatic heterocycles. The second-order valence-corrected chi connectivity index (χ2v) is 8.56. The van der Waals surface area contributed by atoms with Crippen LogP contribution < -0.4 is 5.32 Å². The molecule has 30 heavy (non-hydrogen) atoms. The van der Waals surface area contributed by atoms with E-state index < -0.39 is 11.7 Å². The standard InChI is InChI=1S/C21H22F3N5S/c1-14-9-15(21(22,23)24)11-16(10-14)27-20-25-6-5-18(28-20)19-26-12-17(30-19)13-29-7-3-2-4-8-29/h5-6,9-12H,2-4,7-8,13H2,1H3,(H,25,27,28). The highest BCUT2D eigenvalue weighted by Gasteiger charge is 2.31. The van der Waals surface area contributed by atoms with E-state index in [4.69, 9.17) is 0 Å². The quantitative estimate of drug-likeness (QED) is 0.563. The van der Waals surface area contributed by atoms with Crippen molar-refractivity contribution in [2.75, 3.05) is 18.4 Å². The van der Waals surface area contributed by atoms with Gasteiger partial charge < -0.3 is 5.32 Å². The normalized spacial score (nSPS) is 15.3. The van der Waals surface area contributed by atoms with Crippen molar-refractivity contribution >= 4 is 23.0 Å². The van der Waals surface area contributed by atoms with Crippen LogP contribution in [0.3, 0.4) is 0 Å². The van der Waals surface area contributed by atoms with Crippen molar-refractivity contribution in [3.8, 4) is 10.7 Å². The fraction of sp³-hybridized carbons (Fsp3) is 0.381. The molecule has 0 bridgehead atoms. The van der Waals surface area contributed by atoms with E-state index in [1.807, 2.05) is 6.20 Å². The number of nitrogens with one attached hydrogen (secondary N) is 1. The monoisotopic (exact) mass is 433 g/mol. The third kappa shape index (κ3) is 5.14. The second kappa shape index (κ2) is 8.69. The number of benzene rings is 1. The van der Waals surface area contributed by atoms with Crippen LogP contribution in [-0.4, -0.2) is 32.9 Å². The molecule has 0 amide bonds. The lowest BCUT2D eigenvalue weighted by molar-refractivity contribution is -0.137. The average molecular weight is 434 g/mol. The van der Waals surface area contributed by atoms with Crippen LogP contribution in [-0.2, 0) is 12.7 Å². The van der Waals surface area contributed by atoms with Gasteiger partial charge in [0.15, 0.2) is 0 Å². The van der Waals surface area contributed by atoms with Crippen molar-refractivity contribution < 1.29 is 13.2 Å². The summed E-state index contributed by atoms with van der Waals surface area (Å²) < 4.78 is 39.2. The number of halogens is 3. The van der Waals surface area contributed by atoms with Crippen molar-refractivity contribution in [1.82, 2.24) is 19.9 Å². The first kappa shape index (κ1) is 20.7. The van der Waals surface area contributed by atoms with E-state index in [-0.39, 0.29) is 5.95 Å². The first-order chi connectivity index (χ1) is 14.4. The van der Waals surface area contributed by atoms with Gasteiger partial charge in [-0.05, 0) is 62.7 Å². The Morgan fingerprint density at radius 3 is 2.67 bits per heavy atom. The first-order valence-electron chi connectivity index (χ1n) is 9.83. The van der Waals surface area contributed by atoms with Crippen LogP contribution in [0.2, 0.25) is 0 Å². The summed E-state index contributed by atoms with van der Waals surface area (Å²) in [5.41, 5.74) is 0.740. The van der Waals surface area contributed by atoms with Crippen LogP contribution in [0.15, 0.2) is 36.7 Å². The van der Waals surface area contributed by atoms with Gasteiger partial charge in [-0.15, -0.1) is 11.3 Å². The van der Waals surface area contributed by atoms with E-state index in [2.05, 4.69) is 25.2 Å². The van der Waals surface area contributed by atoms with Gasteiger partial charge in [-0.1, -0.05) is 6.42 Å². The van der Waals surface area contributed by atoms with Crippen molar-refractivity contribution in [3.05, 3.63) is 52.7 Å². The summed E-state index contributed by atoms with van der Waals surface area (Å²) in [4.78, 5) is 16.7. The van der Waals surface area contributed by atoms with E-state index in [0.29, 0.717) is 16.9 Å². The fourth-order valence-corrected chi connectivity index (χ4v) is 4.45. The number of anilines is 2. The predicted molar refractivity (Wildman–Crippen MR) is 112 cm³/mol. The maximum atomic E-state index is 13.1. The molecule has 3 heterocycles. The molecule has 1 fully saturated rings. The number of aryl methyl sites for hydroxylation is 1. The van der Waals surface area contributed by atoms with Crippen LogP contribution in [0.1, 0.15) is 35.3 Å². The lowest BCUT2D eigenvalue weighted by atomic mass is 10.1. The summed E-state index contributed by atoms with van der Waals surface area (Å²) in [5, 5.41) is 3.66. The minimum absolute atomic E-state index is 0.235. The highest BCUT2D eigenvalue weighted by atomic mass is 32.1. The Kier molecular flexibility index (Phi) is 6.01. The largest absolute Gasteiger partial charge is 0.416 e. The van der Waals surface area contributed by atoms with Crippen molar-refractivity contribution in [2.24, 2.45) is 0 Å². The number of nitrogens with zero attached hydrogens (tertiary/aromatic N) is 4. The summed E-state index contributed by atoms with van der Waals surface area (Å²) in [6, 6.07) is 5.56. The molecule has 0 spiro atoms. The molecular formula is C21H22F3N5S. The molecule has 4 rings (SSSR count). The van der Waals surface area contributed by atoms with Gasteiger partial charge >= 0.3 is 6.18 Å². The lowest BCUT2D eigenvalue weighted by Crippen LogP contribution is -2.28. The average Bonchev–Trinajstić information content (AvgIpc) is 3.16. The number of aromatic nitrogens is 3. The summed E-state index contributed by atoms with van der Waals surface area (Å²) in [5.74, 6) is 0.235. The second-order valence-electron chi connectivity index (χ2n) is 7.44. The smallest absolute Gasteiger partial charge is 0.324 e. The third-order valence-electron chi connectivity index (χ3n) is 4.92. The Labute approximate surface area is 177 Å². The Morgan fingerprint density at radius 2 is 1.90 bits per heavy atom. The molecule has 0 saturated carbocycles. The van der Waals surface area contributed by atoms with Gasteiger partial charge in [-0.3, -0.25) is 4.90 Å².